The number of rotatable bonds is 0. The fourth-order valence-electron chi connectivity index (χ4n) is 4.65. The molecule has 0 unspecified atom stereocenters. The van der Waals surface area contributed by atoms with Crippen LogP contribution in [0.25, 0.3) is 0 Å². The molecule has 1 aliphatic carbocycles. The molecule has 1 amide bonds. The second-order valence-corrected chi connectivity index (χ2v) is 6.12. The van der Waals surface area contributed by atoms with Crippen LogP contribution in [-0.4, -0.2) is 28.6 Å². The molecule has 3 nitrogen and oxygen atoms in total. The number of amides is 1. The molecule has 1 N–H and O–H groups in total. The average molecular weight is 257 g/mol. The van der Waals surface area contributed by atoms with Crippen LogP contribution >= 0.6 is 0 Å². The molecule has 1 saturated carbocycles. The van der Waals surface area contributed by atoms with Crippen molar-refractivity contribution >= 4 is 5.91 Å². The van der Waals surface area contributed by atoms with E-state index in [1.807, 2.05) is 4.90 Å². The summed E-state index contributed by atoms with van der Waals surface area (Å²) in [6.07, 6.45) is 4.40. The van der Waals surface area contributed by atoms with Crippen molar-refractivity contribution < 1.29 is 9.90 Å². The minimum atomic E-state index is -0.786. The molecule has 3 aliphatic rings. The number of nitrogens with zero attached hydrogens (tertiary/aromatic N) is 1. The first-order valence-electron chi connectivity index (χ1n) is 7.33. The van der Waals surface area contributed by atoms with Crippen LogP contribution in [0.1, 0.15) is 36.8 Å². The van der Waals surface area contributed by atoms with E-state index in [9.17, 15) is 9.90 Å². The quantitative estimate of drug-likeness (QED) is 0.770. The highest BCUT2D eigenvalue weighted by molar-refractivity contribution is 5.86. The number of aliphatic hydroxyl groups excluding tert-OH is 1. The third-order valence-electron chi connectivity index (χ3n) is 5.41. The van der Waals surface area contributed by atoms with Crippen molar-refractivity contribution in [1.82, 2.24) is 4.90 Å². The van der Waals surface area contributed by atoms with Gasteiger partial charge in [0, 0.05) is 12.5 Å². The summed E-state index contributed by atoms with van der Waals surface area (Å²) in [7, 11) is 0. The van der Waals surface area contributed by atoms with Gasteiger partial charge in [-0.1, -0.05) is 37.1 Å². The van der Waals surface area contributed by atoms with E-state index in [-0.39, 0.29) is 17.4 Å². The van der Waals surface area contributed by atoms with Crippen molar-refractivity contribution in [1.29, 1.82) is 0 Å². The molecule has 4 rings (SSSR count). The summed E-state index contributed by atoms with van der Waals surface area (Å²) >= 11 is 0. The maximum absolute atomic E-state index is 12.4. The lowest BCUT2D eigenvalue weighted by atomic mass is 9.66. The van der Waals surface area contributed by atoms with E-state index in [1.165, 1.54) is 11.1 Å². The Bertz CT molecular complexity index is 541. The first kappa shape index (κ1) is 11.5. The normalized spacial score (nSPS) is 36.7. The Morgan fingerprint density at radius 2 is 2.11 bits per heavy atom. The number of fused-ring (bicyclic) bond motifs is 1. The summed E-state index contributed by atoms with van der Waals surface area (Å²) in [4.78, 5) is 14.4. The van der Waals surface area contributed by atoms with Gasteiger partial charge in [0.15, 0.2) is 0 Å². The molecule has 3 atom stereocenters. The number of carbonyl (C=O) groups excluding carboxylic acids is 1. The minimum absolute atomic E-state index is 0.0404. The predicted octanol–water partition coefficient (Wildman–Crippen LogP) is 1.83. The smallest absolute Gasteiger partial charge is 0.252 e. The van der Waals surface area contributed by atoms with Crippen molar-refractivity contribution in [2.24, 2.45) is 5.92 Å². The molecule has 100 valence electrons. The van der Waals surface area contributed by atoms with Crippen LogP contribution < -0.4 is 0 Å². The van der Waals surface area contributed by atoms with Gasteiger partial charge in [-0.05, 0) is 30.4 Å². The van der Waals surface area contributed by atoms with Crippen molar-refractivity contribution in [3.63, 3.8) is 0 Å². The van der Waals surface area contributed by atoms with Gasteiger partial charge in [-0.3, -0.25) is 4.79 Å². The Balaban J connectivity index is 1.95. The summed E-state index contributed by atoms with van der Waals surface area (Å²) in [5.41, 5.74) is 2.47. The Morgan fingerprint density at radius 1 is 1.26 bits per heavy atom. The topological polar surface area (TPSA) is 40.5 Å². The average Bonchev–Trinajstić information content (AvgIpc) is 2.69. The van der Waals surface area contributed by atoms with Gasteiger partial charge in [-0.25, -0.2) is 0 Å². The zero-order valence-electron chi connectivity index (χ0n) is 11.0. The monoisotopic (exact) mass is 257 g/mol. The molecule has 19 heavy (non-hydrogen) atoms. The first-order chi connectivity index (χ1) is 9.25. The molecule has 2 fully saturated rings. The van der Waals surface area contributed by atoms with E-state index in [0.29, 0.717) is 0 Å². The van der Waals surface area contributed by atoms with E-state index in [2.05, 4.69) is 24.3 Å². The Morgan fingerprint density at radius 3 is 3.00 bits per heavy atom. The number of hydrogen-bond donors (Lipinski definition) is 1. The van der Waals surface area contributed by atoms with Crippen LogP contribution in [-0.2, 0) is 16.8 Å². The zero-order chi connectivity index (χ0) is 13.0. The van der Waals surface area contributed by atoms with Gasteiger partial charge >= 0.3 is 0 Å². The van der Waals surface area contributed by atoms with Gasteiger partial charge in [-0.15, -0.1) is 0 Å². The second kappa shape index (κ2) is 3.83. The molecular weight excluding hydrogens is 238 g/mol. The van der Waals surface area contributed by atoms with Crippen LogP contribution in [0, 0.1) is 5.92 Å². The number of hydrogen-bond acceptors (Lipinski definition) is 2. The van der Waals surface area contributed by atoms with E-state index in [0.717, 1.165) is 38.6 Å². The molecule has 2 aliphatic heterocycles. The van der Waals surface area contributed by atoms with Crippen molar-refractivity contribution in [2.75, 3.05) is 6.54 Å². The molecule has 0 bridgehead atoms. The highest BCUT2D eigenvalue weighted by Crippen LogP contribution is 2.54. The molecule has 1 aromatic rings. The Labute approximate surface area is 113 Å². The SMILES string of the molecule is O=C1[C@@H](O)[C@@H]2CCCC[C@@]23c2ccccc2CCN13. The van der Waals surface area contributed by atoms with Gasteiger partial charge in [0.05, 0.1) is 5.54 Å². The number of aliphatic hydroxyl groups is 1. The minimum Gasteiger partial charge on any atom is -0.383 e. The van der Waals surface area contributed by atoms with Crippen LogP contribution in [0.4, 0.5) is 0 Å². The summed E-state index contributed by atoms with van der Waals surface area (Å²) in [5, 5.41) is 10.4. The second-order valence-electron chi connectivity index (χ2n) is 6.12. The van der Waals surface area contributed by atoms with Crippen molar-refractivity contribution in [2.45, 2.75) is 43.7 Å². The lowest BCUT2D eigenvalue weighted by Crippen LogP contribution is -2.52. The Kier molecular flexibility index (Phi) is 2.31. The molecule has 2 heterocycles. The molecule has 1 spiro atoms. The van der Waals surface area contributed by atoms with Crippen molar-refractivity contribution in [3.8, 4) is 0 Å². The summed E-state index contributed by atoms with van der Waals surface area (Å²) in [6.45, 7) is 0.767. The maximum atomic E-state index is 12.4. The van der Waals surface area contributed by atoms with Crippen LogP contribution in [0.15, 0.2) is 24.3 Å². The van der Waals surface area contributed by atoms with Crippen LogP contribution in [0.5, 0.6) is 0 Å². The third kappa shape index (κ3) is 1.29. The van der Waals surface area contributed by atoms with Crippen LogP contribution in [0.3, 0.4) is 0 Å². The van der Waals surface area contributed by atoms with Crippen LogP contribution in [0.2, 0.25) is 0 Å². The Hall–Kier alpha value is -1.35. The van der Waals surface area contributed by atoms with E-state index >= 15 is 0 Å². The first-order valence-corrected chi connectivity index (χ1v) is 7.33. The molecule has 1 saturated heterocycles. The lowest BCUT2D eigenvalue weighted by molar-refractivity contribution is -0.137. The van der Waals surface area contributed by atoms with E-state index in [1.54, 1.807) is 0 Å². The van der Waals surface area contributed by atoms with E-state index < -0.39 is 6.10 Å². The van der Waals surface area contributed by atoms with E-state index in [4.69, 9.17) is 0 Å². The van der Waals surface area contributed by atoms with Gasteiger partial charge in [-0.2, -0.15) is 0 Å². The molecule has 3 heteroatoms. The zero-order valence-corrected chi connectivity index (χ0v) is 11.0. The molecular formula is C16H19NO2. The maximum Gasteiger partial charge on any atom is 0.252 e. The summed E-state index contributed by atoms with van der Waals surface area (Å²) < 4.78 is 0. The highest BCUT2D eigenvalue weighted by Gasteiger charge is 2.60. The standard InChI is InChI=1S/C16H19NO2/c18-14-13-7-3-4-9-16(13)12-6-2-1-5-11(12)8-10-17(16)15(14)19/h1-2,5-6,13-14,18H,3-4,7-10H2/t13-,14-,16+/m0/s1. The number of carbonyl (C=O) groups is 1. The highest BCUT2D eigenvalue weighted by atomic mass is 16.3. The fourth-order valence-corrected chi connectivity index (χ4v) is 4.65. The van der Waals surface area contributed by atoms with Gasteiger partial charge in [0.2, 0.25) is 0 Å². The lowest BCUT2D eigenvalue weighted by Gasteiger charge is -2.49. The fraction of sp³-hybridized carbons (Fsp3) is 0.562. The molecule has 0 radical (unpaired) electrons. The van der Waals surface area contributed by atoms with Gasteiger partial charge in [0.1, 0.15) is 6.10 Å². The predicted molar refractivity (Wildman–Crippen MR) is 71.5 cm³/mol. The molecule has 1 aromatic carbocycles. The van der Waals surface area contributed by atoms with Gasteiger partial charge < -0.3 is 10.0 Å². The van der Waals surface area contributed by atoms with Gasteiger partial charge in [0.25, 0.3) is 5.91 Å². The molecule has 0 aromatic heterocycles. The summed E-state index contributed by atoms with van der Waals surface area (Å²) in [6, 6.07) is 8.50. The number of benzene rings is 1. The third-order valence-corrected chi connectivity index (χ3v) is 5.41. The summed E-state index contributed by atoms with van der Waals surface area (Å²) in [5.74, 6) is 0.0524. The largest absolute Gasteiger partial charge is 0.383 e. The van der Waals surface area contributed by atoms with Crippen molar-refractivity contribution in [3.05, 3.63) is 35.4 Å².